The SMILES string of the molecule is Nc1ncnc2c1ncn2[C@H]1O[C@H](COP(=O)(O)O)[C@@H](O)[C@H]1O. The molecule has 1 aliphatic rings. The predicted molar refractivity (Wildman–Crippen MR) is 73.7 cm³/mol. The Bertz CT molecular complexity index is 763. The monoisotopic (exact) mass is 347 g/mol. The number of rotatable bonds is 4. The molecule has 4 atom stereocenters. The highest BCUT2D eigenvalue weighted by atomic mass is 31.2. The molecule has 0 aromatic carbocycles. The molecule has 2 aromatic rings. The molecule has 1 saturated heterocycles. The summed E-state index contributed by atoms with van der Waals surface area (Å²) in [6.07, 6.45) is -2.49. The van der Waals surface area contributed by atoms with E-state index in [1.54, 1.807) is 0 Å². The second-order valence-corrected chi connectivity index (χ2v) is 6.15. The van der Waals surface area contributed by atoms with Crippen molar-refractivity contribution in [3.05, 3.63) is 12.7 Å². The Hall–Kier alpha value is -1.66. The number of aromatic nitrogens is 4. The zero-order valence-electron chi connectivity index (χ0n) is 11.5. The number of fused-ring (bicyclic) bond motifs is 1. The van der Waals surface area contributed by atoms with Gasteiger partial charge in [0.2, 0.25) is 0 Å². The van der Waals surface area contributed by atoms with Crippen molar-refractivity contribution >= 4 is 24.8 Å². The Morgan fingerprint density at radius 2 is 2.04 bits per heavy atom. The molecular weight excluding hydrogens is 333 g/mol. The third-order valence-electron chi connectivity index (χ3n) is 3.41. The van der Waals surface area contributed by atoms with Gasteiger partial charge in [0.05, 0.1) is 12.9 Å². The topological polar surface area (TPSA) is 186 Å². The van der Waals surface area contributed by atoms with E-state index in [1.807, 2.05) is 0 Å². The third-order valence-corrected chi connectivity index (χ3v) is 3.89. The summed E-state index contributed by atoms with van der Waals surface area (Å²) >= 11 is 0. The lowest BCUT2D eigenvalue weighted by Crippen LogP contribution is -2.33. The molecule has 1 fully saturated rings. The summed E-state index contributed by atoms with van der Waals surface area (Å²) in [6, 6.07) is 0. The lowest BCUT2D eigenvalue weighted by molar-refractivity contribution is -0.0504. The van der Waals surface area contributed by atoms with Gasteiger partial charge < -0.3 is 30.5 Å². The van der Waals surface area contributed by atoms with Crippen LogP contribution in [0.25, 0.3) is 11.2 Å². The number of aliphatic hydroxyl groups is 2. The number of nitrogens with two attached hydrogens (primary N) is 1. The standard InChI is InChI=1S/C10H14N5O7P/c11-8-5-9(13-2-12-8)15(3-14-5)10-7(17)6(16)4(22-10)1-21-23(18,19)20/h2-4,6-7,10,16-17H,1H2,(H2,11,12,13)(H2,18,19,20)/t4-,6-,7-,10+/m1/s1. The van der Waals surface area contributed by atoms with E-state index in [2.05, 4.69) is 19.5 Å². The van der Waals surface area contributed by atoms with Crippen molar-refractivity contribution < 1.29 is 33.8 Å². The molecule has 23 heavy (non-hydrogen) atoms. The fourth-order valence-electron chi connectivity index (χ4n) is 2.32. The lowest BCUT2D eigenvalue weighted by atomic mass is 10.1. The van der Waals surface area contributed by atoms with Gasteiger partial charge in [-0.2, -0.15) is 0 Å². The zero-order valence-corrected chi connectivity index (χ0v) is 12.4. The fraction of sp³-hybridized carbons (Fsp3) is 0.500. The van der Waals surface area contributed by atoms with Crippen LogP contribution in [0.4, 0.5) is 5.82 Å². The van der Waals surface area contributed by atoms with Gasteiger partial charge in [-0.3, -0.25) is 9.09 Å². The van der Waals surface area contributed by atoms with E-state index < -0.39 is 39.0 Å². The summed E-state index contributed by atoms with van der Waals surface area (Å²) in [5.74, 6) is 0.142. The van der Waals surface area contributed by atoms with Crippen LogP contribution in [0.5, 0.6) is 0 Å². The van der Waals surface area contributed by atoms with Gasteiger partial charge >= 0.3 is 7.82 Å². The molecule has 0 aliphatic carbocycles. The lowest BCUT2D eigenvalue weighted by Gasteiger charge is -2.16. The van der Waals surface area contributed by atoms with E-state index in [-0.39, 0.29) is 11.5 Å². The van der Waals surface area contributed by atoms with Gasteiger partial charge in [0.1, 0.15) is 30.2 Å². The summed E-state index contributed by atoms with van der Waals surface area (Å²) in [6.45, 7) is -0.594. The molecule has 0 amide bonds. The van der Waals surface area contributed by atoms with Gasteiger partial charge in [0, 0.05) is 0 Å². The maximum atomic E-state index is 10.7. The van der Waals surface area contributed by atoms with E-state index >= 15 is 0 Å². The molecule has 126 valence electrons. The first kappa shape index (κ1) is 16.2. The van der Waals surface area contributed by atoms with Gasteiger partial charge in [-0.25, -0.2) is 19.5 Å². The summed E-state index contributed by atoms with van der Waals surface area (Å²) in [4.78, 5) is 29.2. The number of nitrogens with zero attached hydrogens (tertiary/aromatic N) is 4. The van der Waals surface area contributed by atoms with Gasteiger partial charge in [-0.1, -0.05) is 0 Å². The molecule has 2 aromatic heterocycles. The van der Waals surface area contributed by atoms with Crippen molar-refractivity contribution in [2.24, 2.45) is 0 Å². The molecular formula is C10H14N5O7P. The van der Waals surface area contributed by atoms with Crippen LogP contribution in [0.15, 0.2) is 12.7 Å². The fourth-order valence-corrected chi connectivity index (χ4v) is 2.66. The van der Waals surface area contributed by atoms with E-state index in [9.17, 15) is 14.8 Å². The Morgan fingerprint density at radius 1 is 1.30 bits per heavy atom. The molecule has 0 unspecified atom stereocenters. The summed E-state index contributed by atoms with van der Waals surface area (Å²) < 4.78 is 21.8. The van der Waals surface area contributed by atoms with Crippen LogP contribution in [0.2, 0.25) is 0 Å². The predicted octanol–water partition coefficient (Wildman–Crippen LogP) is -1.86. The number of hydrogen-bond acceptors (Lipinski definition) is 9. The molecule has 1 aliphatic heterocycles. The van der Waals surface area contributed by atoms with Crippen molar-refractivity contribution in [3.8, 4) is 0 Å². The largest absolute Gasteiger partial charge is 0.469 e. The number of imidazole rings is 1. The summed E-state index contributed by atoms with van der Waals surface area (Å²) in [7, 11) is -4.72. The number of nitrogen functional groups attached to an aromatic ring is 1. The molecule has 0 radical (unpaired) electrons. The van der Waals surface area contributed by atoms with Crippen LogP contribution in [-0.2, 0) is 13.8 Å². The quantitative estimate of drug-likeness (QED) is 0.390. The Balaban J connectivity index is 1.85. The second-order valence-electron chi connectivity index (χ2n) is 4.92. The van der Waals surface area contributed by atoms with Crippen LogP contribution in [-0.4, -0.2) is 64.4 Å². The second kappa shape index (κ2) is 5.76. The number of anilines is 1. The average molecular weight is 347 g/mol. The Morgan fingerprint density at radius 3 is 2.74 bits per heavy atom. The smallest absolute Gasteiger partial charge is 0.387 e. The van der Waals surface area contributed by atoms with Crippen molar-refractivity contribution in [1.82, 2.24) is 19.5 Å². The van der Waals surface area contributed by atoms with Crippen LogP contribution in [0, 0.1) is 0 Å². The molecule has 0 bridgehead atoms. The van der Waals surface area contributed by atoms with Crippen LogP contribution >= 0.6 is 7.82 Å². The average Bonchev–Trinajstić information content (AvgIpc) is 3.01. The van der Waals surface area contributed by atoms with Gasteiger partial charge in [-0.05, 0) is 0 Å². The molecule has 3 heterocycles. The molecule has 13 heteroatoms. The highest BCUT2D eigenvalue weighted by molar-refractivity contribution is 7.46. The number of phosphoric acid groups is 1. The van der Waals surface area contributed by atoms with E-state index in [4.69, 9.17) is 20.3 Å². The molecule has 3 rings (SSSR count). The summed E-state index contributed by atoms with van der Waals surface area (Å²) in [5.41, 5.74) is 6.25. The molecule has 0 saturated carbocycles. The highest BCUT2D eigenvalue weighted by Gasteiger charge is 2.45. The molecule has 12 nitrogen and oxygen atoms in total. The highest BCUT2D eigenvalue weighted by Crippen LogP contribution is 2.38. The maximum absolute atomic E-state index is 10.7. The van der Waals surface area contributed by atoms with Crippen molar-refractivity contribution in [2.75, 3.05) is 12.3 Å². The van der Waals surface area contributed by atoms with Gasteiger partial charge in [0.15, 0.2) is 17.7 Å². The molecule has 6 N–H and O–H groups in total. The maximum Gasteiger partial charge on any atom is 0.469 e. The normalized spacial score (nSPS) is 28.5. The van der Waals surface area contributed by atoms with Crippen molar-refractivity contribution in [3.63, 3.8) is 0 Å². The minimum Gasteiger partial charge on any atom is -0.387 e. The Labute approximate surface area is 128 Å². The van der Waals surface area contributed by atoms with Gasteiger partial charge in [0.25, 0.3) is 0 Å². The van der Waals surface area contributed by atoms with Crippen molar-refractivity contribution in [2.45, 2.75) is 24.5 Å². The number of phosphoric ester groups is 1. The van der Waals surface area contributed by atoms with Crippen molar-refractivity contribution in [1.29, 1.82) is 0 Å². The minimum absolute atomic E-state index is 0.142. The molecule has 0 spiro atoms. The van der Waals surface area contributed by atoms with E-state index in [0.717, 1.165) is 0 Å². The minimum atomic E-state index is -4.72. The van der Waals surface area contributed by atoms with Crippen LogP contribution < -0.4 is 5.73 Å². The number of aliphatic hydroxyl groups excluding tert-OH is 2. The van der Waals surface area contributed by atoms with Crippen LogP contribution in [0.3, 0.4) is 0 Å². The van der Waals surface area contributed by atoms with E-state index in [0.29, 0.717) is 5.52 Å². The summed E-state index contributed by atoms with van der Waals surface area (Å²) in [5, 5.41) is 20.1. The Kier molecular flexibility index (Phi) is 4.06. The zero-order chi connectivity index (χ0) is 16.8. The first-order chi connectivity index (χ1) is 10.8. The van der Waals surface area contributed by atoms with E-state index in [1.165, 1.54) is 17.2 Å². The third kappa shape index (κ3) is 3.05. The van der Waals surface area contributed by atoms with Gasteiger partial charge in [-0.15, -0.1) is 0 Å². The number of ether oxygens (including phenoxy) is 1. The van der Waals surface area contributed by atoms with Crippen LogP contribution in [0.1, 0.15) is 6.23 Å². The first-order valence-electron chi connectivity index (χ1n) is 6.42. The first-order valence-corrected chi connectivity index (χ1v) is 7.95. The number of hydrogen-bond donors (Lipinski definition) is 5.